The van der Waals surface area contributed by atoms with Crippen LogP contribution in [0, 0.1) is 0 Å². The van der Waals surface area contributed by atoms with Crippen molar-refractivity contribution in [3.05, 3.63) is 95.2 Å². The first-order valence-corrected chi connectivity index (χ1v) is 8.63. The minimum Gasteiger partial charge on any atom is -0.699 e. The molecule has 148 valence electrons. The van der Waals surface area contributed by atoms with Gasteiger partial charge in [0.05, 0.1) is 12.2 Å². The van der Waals surface area contributed by atoms with E-state index in [2.05, 4.69) is 0 Å². The zero-order valence-electron chi connectivity index (χ0n) is 15.1. The van der Waals surface area contributed by atoms with Gasteiger partial charge in [-0.3, -0.25) is 0 Å². The molecule has 3 rings (SSSR count). The third-order valence-electron chi connectivity index (χ3n) is 4.08. The lowest BCUT2D eigenvalue weighted by molar-refractivity contribution is -0.137. The molecule has 0 spiro atoms. The molecule has 0 aliphatic carbocycles. The summed E-state index contributed by atoms with van der Waals surface area (Å²) in [5, 5.41) is 17.6. The molecule has 6 heteroatoms. The summed E-state index contributed by atoms with van der Waals surface area (Å²) in [5.41, 5.74) is 10.5. The number of rotatable bonds is 4. The number of nitrogens with one attached hydrogen (secondary N) is 1. The van der Waals surface area contributed by atoms with Gasteiger partial charge < -0.3 is 15.9 Å². The zero-order valence-corrected chi connectivity index (χ0v) is 15.1. The molecule has 0 amide bonds. The van der Waals surface area contributed by atoms with Crippen molar-refractivity contribution in [2.45, 2.75) is 19.2 Å². The first-order chi connectivity index (χ1) is 13.3. The van der Waals surface area contributed by atoms with E-state index < -0.39 is 11.7 Å². The minimum atomic E-state index is -4.27. The molecule has 0 saturated carbocycles. The Labute approximate surface area is 161 Å². The van der Waals surface area contributed by atoms with Gasteiger partial charge in [0.1, 0.15) is 0 Å². The summed E-state index contributed by atoms with van der Waals surface area (Å²) in [4.78, 5) is 0. The maximum atomic E-state index is 12.3. The topological polar surface area (TPSA) is 64.3 Å². The van der Waals surface area contributed by atoms with Gasteiger partial charge in [-0.15, -0.1) is 5.69 Å². The van der Waals surface area contributed by atoms with E-state index in [1.165, 1.54) is 12.1 Å². The summed E-state index contributed by atoms with van der Waals surface area (Å²) >= 11 is 0. The van der Waals surface area contributed by atoms with Gasteiger partial charge in [-0.05, 0) is 40.8 Å². The van der Waals surface area contributed by atoms with Gasteiger partial charge in [-0.25, -0.2) is 0 Å². The predicted octanol–water partition coefficient (Wildman–Crippen LogP) is 5.77. The lowest BCUT2D eigenvalue weighted by Crippen LogP contribution is -2.03. The van der Waals surface area contributed by atoms with Crippen molar-refractivity contribution in [2.24, 2.45) is 0 Å². The highest BCUT2D eigenvalue weighted by molar-refractivity contribution is 5.63. The van der Waals surface area contributed by atoms with E-state index in [1.54, 1.807) is 18.2 Å². The molecule has 0 radical (unpaired) electrons. The van der Waals surface area contributed by atoms with Gasteiger partial charge in [0.2, 0.25) is 0 Å². The lowest BCUT2D eigenvalue weighted by Gasteiger charge is -2.10. The number of aliphatic hydroxyl groups is 2. The molecular weight excluding hydrogens is 367 g/mol. The summed E-state index contributed by atoms with van der Waals surface area (Å²) in [6.07, 6.45) is -3.77. The van der Waals surface area contributed by atoms with Gasteiger partial charge in [0.25, 0.3) is 0 Å². The molecule has 0 aliphatic heterocycles. The molecule has 0 aromatic heterocycles. The number of aliphatic hydroxyl groups excluding tert-OH is 2. The summed E-state index contributed by atoms with van der Waals surface area (Å²) in [6.45, 7) is 0.0199. The summed E-state index contributed by atoms with van der Waals surface area (Å²) in [6, 6.07) is 19.5. The standard InChI is InChI=1S/C13H9F3.C9H12NO2/c14-13(15,16)12-8-6-11(7-9-12)10-4-2-1-3-5-10;10-9-2-1-8(6-12)7(5-9)3-4-11/h1-9H;1-2,5,10-12H,3-4,6H2/q;-1. The highest BCUT2D eigenvalue weighted by Crippen LogP contribution is 2.30. The molecule has 28 heavy (non-hydrogen) atoms. The van der Waals surface area contributed by atoms with Gasteiger partial charge in [0, 0.05) is 6.61 Å². The van der Waals surface area contributed by atoms with E-state index in [-0.39, 0.29) is 13.2 Å². The minimum absolute atomic E-state index is 0.0321. The predicted molar refractivity (Wildman–Crippen MR) is 104 cm³/mol. The van der Waals surface area contributed by atoms with Crippen molar-refractivity contribution in [1.82, 2.24) is 0 Å². The fourth-order valence-corrected chi connectivity index (χ4v) is 2.62. The number of halogens is 3. The van der Waals surface area contributed by atoms with Crippen molar-refractivity contribution in [2.75, 3.05) is 6.61 Å². The second-order valence-corrected chi connectivity index (χ2v) is 6.06. The average molecular weight is 388 g/mol. The van der Waals surface area contributed by atoms with E-state index in [1.807, 2.05) is 30.3 Å². The van der Waals surface area contributed by atoms with Crippen LogP contribution >= 0.6 is 0 Å². The first-order valence-electron chi connectivity index (χ1n) is 8.63. The van der Waals surface area contributed by atoms with E-state index in [0.717, 1.165) is 34.4 Å². The van der Waals surface area contributed by atoms with E-state index in [9.17, 15) is 13.2 Å². The summed E-state index contributed by atoms with van der Waals surface area (Å²) in [7, 11) is 0. The van der Waals surface area contributed by atoms with Crippen molar-refractivity contribution >= 4 is 5.69 Å². The highest BCUT2D eigenvalue weighted by atomic mass is 19.4. The van der Waals surface area contributed by atoms with Crippen molar-refractivity contribution < 1.29 is 23.4 Å². The Hall–Kier alpha value is -2.83. The molecule has 0 aliphatic rings. The Morgan fingerprint density at radius 1 is 0.750 bits per heavy atom. The lowest BCUT2D eigenvalue weighted by atomic mass is 10.0. The number of hydrogen-bond donors (Lipinski definition) is 2. The van der Waals surface area contributed by atoms with Gasteiger partial charge in [-0.2, -0.15) is 13.2 Å². The van der Waals surface area contributed by atoms with Crippen LogP contribution in [0.2, 0.25) is 0 Å². The van der Waals surface area contributed by atoms with E-state index in [0.29, 0.717) is 12.1 Å². The van der Waals surface area contributed by atoms with Crippen LogP contribution in [0.15, 0.2) is 72.8 Å². The smallest absolute Gasteiger partial charge is 0.416 e. The van der Waals surface area contributed by atoms with Crippen molar-refractivity contribution in [3.8, 4) is 11.1 Å². The fraction of sp³-hybridized carbons (Fsp3) is 0.182. The molecule has 0 fully saturated rings. The molecular formula is C22H21F3NO2-. The Morgan fingerprint density at radius 2 is 1.36 bits per heavy atom. The second kappa shape index (κ2) is 9.92. The molecule has 3 aromatic rings. The Kier molecular flexibility index (Phi) is 7.61. The number of benzene rings is 3. The zero-order chi connectivity index (χ0) is 20.6. The summed E-state index contributed by atoms with van der Waals surface area (Å²) < 4.78 is 37.0. The summed E-state index contributed by atoms with van der Waals surface area (Å²) in [5.74, 6) is 0. The normalized spacial score (nSPS) is 10.9. The first kappa shape index (κ1) is 21.5. The van der Waals surface area contributed by atoms with Crippen LogP contribution in [0.25, 0.3) is 16.9 Å². The van der Waals surface area contributed by atoms with Gasteiger partial charge >= 0.3 is 6.18 Å². The quantitative estimate of drug-likeness (QED) is 0.596. The molecule has 0 atom stereocenters. The van der Waals surface area contributed by atoms with Crippen LogP contribution in [0.5, 0.6) is 0 Å². The van der Waals surface area contributed by atoms with Gasteiger partial charge in [-0.1, -0.05) is 60.7 Å². The largest absolute Gasteiger partial charge is 0.699 e. The third kappa shape index (κ3) is 6.11. The van der Waals surface area contributed by atoms with Crippen LogP contribution in [0.1, 0.15) is 16.7 Å². The number of alkyl halides is 3. The monoisotopic (exact) mass is 388 g/mol. The fourth-order valence-electron chi connectivity index (χ4n) is 2.62. The Balaban J connectivity index is 0.000000209. The molecule has 0 heterocycles. The third-order valence-corrected chi connectivity index (χ3v) is 4.08. The maximum Gasteiger partial charge on any atom is 0.416 e. The van der Waals surface area contributed by atoms with E-state index >= 15 is 0 Å². The number of hydrogen-bond acceptors (Lipinski definition) is 2. The SMILES string of the molecule is FC(F)(F)c1ccc(-c2ccccc2)cc1.[NH-]c1ccc(CO)c(CCO)c1. The highest BCUT2D eigenvalue weighted by Gasteiger charge is 2.29. The molecule has 3 aromatic carbocycles. The van der Waals surface area contributed by atoms with Crippen LogP contribution in [-0.2, 0) is 19.2 Å². The molecule has 0 bridgehead atoms. The second-order valence-electron chi connectivity index (χ2n) is 6.06. The van der Waals surface area contributed by atoms with Crippen molar-refractivity contribution in [3.63, 3.8) is 0 Å². The molecule has 3 nitrogen and oxygen atoms in total. The molecule has 0 saturated heterocycles. The Bertz CT molecular complexity index is 863. The molecule has 0 unspecified atom stereocenters. The maximum absolute atomic E-state index is 12.3. The van der Waals surface area contributed by atoms with Crippen LogP contribution in [0.4, 0.5) is 18.9 Å². The average Bonchev–Trinajstić information content (AvgIpc) is 2.69. The Morgan fingerprint density at radius 3 is 1.89 bits per heavy atom. The van der Waals surface area contributed by atoms with Crippen LogP contribution in [0.3, 0.4) is 0 Å². The van der Waals surface area contributed by atoms with E-state index in [4.69, 9.17) is 15.9 Å². The van der Waals surface area contributed by atoms with Crippen LogP contribution < -0.4 is 0 Å². The molecule has 3 N–H and O–H groups in total. The van der Waals surface area contributed by atoms with Crippen LogP contribution in [-0.4, -0.2) is 16.8 Å². The van der Waals surface area contributed by atoms with Gasteiger partial charge in [0.15, 0.2) is 0 Å². The van der Waals surface area contributed by atoms with Crippen molar-refractivity contribution in [1.29, 1.82) is 0 Å².